The molecule has 4 heteroatoms. The molecule has 12 heavy (non-hydrogen) atoms. The van der Waals surface area contributed by atoms with Gasteiger partial charge in [-0.15, -0.1) is 0 Å². The maximum Gasteiger partial charge on any atom is 0.191 e. The Kier molecular flexibility index (Phi) is 2.18. The van der Waals surface area contributed by atoms with Gasteiger partial charge in [0.15, 0.2) is 5.06 Å². The van der Waals surface area contributed by atoms with E-state index < -0.39 is 0 Å². The van der Waals surface area contributed by atoms with E-state index in [9.17, 15) is 5.11 Å². The van der Waals surface area contributed by atoms with Gasteiger partial charge in [-0.2, -0.15) is 0 Å². The maximum atomic E-state index is 9.32. The fourth-order valence-corrected chi connectivity index (χ4v) is 2.94. The Morgan fingerprint density at radius 1 is 1.42 bits per heavy atom. The van der Waals surface area contributed by atoms with E-state index in [1.165, 1.54) is 11.3 Å². The van der Waals surface area contributed by atoms with Crippen molar-refractivity contribution in [3.05, 3.63) is 26.8 Å². The molecule has 0 spiro atoms. The molecule has 62 valence electrons. The highest BCUT2D eigenvalue weighted by atomic mass is 127. The Morgan fingerprint density at radius 3 is 2.92 bits per heavy atom. The first-order valence-electron chi connectivity index (χ1n) is 3.25. The lowest BCUT2D eigenvalue weighted by molar-refractivity contribution is 0.491. The molecule has 2 aromatic rings. The molecule has 1 aromatic heterocycles. The van der Waals surface area contributed by atoms with E-state index in [1.54, 1.807) is 0 Å². The van der Waals surface area contributed by atoms with Crippen molar-refractivity contribution in [2.24, 2.45) is 0 Å². The molecule has 0 fully saturated rings. The van der Waals surface area contributed by atoms with Crippen LogP contribution in [0.25, 0.3) is 10.1 Å². The number of fused-ring (bicyclic) bond motifs is 1. The van der Waals surface area contributed by atoms with E-state index in [0.717, 1.165) is 13.7 Å². The fourth-order valence-electron chi connectivity index (χ4n) is 1.03. The molecule has 0 bridgehead atoms. The van der Waals surface area contributed by atoms with Crippen LogP contribution in [0.4, 0.5) is 0 Å². The third-order valence-corrected chi connectivity index (χ3v) is 3.70. The van der Waals surface area contributed by atoms with Crippen LogP contribution in [0.5, 0.6) is 5.06 Å². The van der Waals surface area contributed by atoms with Gasteiger partial charge in [0, 0.05) is 13.7 Å². The molecule has 2 rings (SSSR count). The monoisotopic (exact) mass is 310 g/mol. The predicted octanol–water partition coefficient (Wildman–Crippen LogP) is 3.86. The summed E-state index contributed by atoms with van der Waals surface area (Å²) in [5.74, 6) is 0. The SMILES string of the molecule is Oc1sc2cc(I)ccc2c1Cl. The van der Waals surface area contributed by atoms with Gasteiger partial charge in [0.25, 0.3) is 0 Å². The van der Waals surface area contributed by atoms with Crippen molar-refractivity contribution >= 4 is 55.6 Å². The highest BCUT2D eigenvalue weighted by Gasteiger charge is 2.08. The summed E-state index contributed by atoms with van der Waals surface area (Å²) in [6.45, 7) is 0. The zero-order valence-electron chi connectivity index (χ0n) is 5.84. The summed E-state index contributed by atoms with van der Waals surface area (Å²) in [5.41, 5.74) is 0. The summed E-state index contributed by atoms with van der Waals surface area (Å²) in [5, 5.41) is 10.9. The lowest BCUT2D eigenvalue weighted by Crippen LogP contribution is -1.67. The topological polar surface area (TPSA) is 20.2 Å². The average molecular weight is 311 g/mol. The Balaban J connectivity index is 2.87. The number of thiophene rings is 1. The van der Waals surface area contributed by atoms with Crippen LogP contribution in [0, 0.1) is 3.57 Å². The van der Waals surface area contributed by atoms with Gasteiger partial charge >= 0.3 is 0 Å². The molecule has 0 unspecified atom stereocenters. The first-order chi connectivity index (χ1) is 5.68. The minimum absolute atomic E-state index is 0.202. The van der Waals surface area contributed by atoms with Crippen LogP contribution in [0.2, 0.25) is 5.02 Å². The van der Waals surface area contributed by atoms with Gasteiger partial charge in [-0.3, -0.25) is 0 Å². The molecule has 0 saturated carbocycles. The summed E-state index contributed by atoms with van der Waals surface area (Å²) >= 11 is 9.39. The molecule has 0 aliphatic heterocycles. The minimum Gasteiger partial charge on any atom is -0.498 e. The van der Waals surface area contributed by atoms with Crippen LogP contribution < -0.4 is 0 Å². The third-order valence-electron chi connectivity index (χ3n) is 1.57. The van der Waals surface area contributed by atoms with Gasteiger partial charge in [0.2, 0.25) is 0 Å². The van der Waals surface area contributed by atoms with Crippen molar-refractivity contribution in [3.63, 3.8) is 0 Å². The van der Waals surface area contributed by atoms with Crippen LogP contribution in [0.15, 0.2) is 18.2 Å². The minimum atomic E-state index is 0.202. The largest absolute Gasteiger partial charge is 0.498 e. The van der Waals surface area contributed by atoms with E-state index in [2.05, 4.69) is 22.6 Å². The van der Waals surface area contributed by atoms with Crippen LogP contribution in [0.1, 0.15) is 0 Å². The smallest absolute Gasteiger partial charge is 0.191 e. The van der Waals surface area contributed by atoms with Crippen LogP contribution in [-0.4, -0.2) is 5.11 Å². The van der Waals surface area contributed by atoms with E-state index in [-0.39, 0.29) is 5.06 Å². The molecule has 0 aliphatic rings. The second kappa shape index (κ2) is 3.05. The number of aromatic hydroxyl groups is 1. The summed E-state index contributed by atoms with van der Waals surface area (Å²) < 4.78 is 2.18. The summed E-state index contributed by atoms with van der Waals surface area (Å²) in [4.78, 5) is 0. The van der Waals surface area contributed by atoms with Gasteiger partial charge in [-0.05, 0) is 34.7 Å². The Labute approximate surface area is 92.1 Å². The summed E-state index contributed by atoms with van der Waals surface area (Å²) in [6, 6.07) is 5.91. The van der Waals surface area contributed by atoms with Crippen LogP contribution in [-0.2, 0) is 0 Å². The number of benzene rings is 1. The number of halogens is 2. The van der Waals surface area contributed by atoms with Crippen molar-refractivity contribution in [1.82, 2.24) is 0 Å². The normalized spacial score (nSPS) is 10.8. The molecular formula is C8H4ClIOS. The van der Waals surface area contributed by atoms with Crippen LogP contribution >= 0.6 is 45.5 Å². The number of hydrogen-bond acceptors (Lipinski definition) is 2. The molecule has 1 aromatic carbocycles. The van der Waals surface area contributed by atoms with Crippen molar-refractivity contribution < 1.29 is 5.11 Å². The van der Waals surface area contributed by atoms with Crippen molar-refractivity contribution in [2.75, 3.05) is 0 Å². The molecular weight excluding hydrogens is 307 g/mol. The van der Waals surface area contributed by atoms with E-state index in [0.29, 0.717) is 5.02 Å². The summed E-state index contributed by atoms with van der Waals surface area (Å²) in [7, 11) is 0. The lowest BCUT2D eigenvalue weighted by atomic mass is 10.3. The van der Waals surface area contributed by atoms with Gasteiger partial charge in [0.05, 0.1) is 0 Å². The van der Waals surface area contributed by atoms with E-state index in [4.69, 9.17) is 11.6 Å². The highest BCUT2D eigenvalue weighted by molar-refractivity contribution is 14.1. The molecule has 1 heterocycles. The van der Waals surface area contributed by atoms with Gasteiger partial charge in [-0.1, -0.05) is 29.0 Å². The van der Waals surface area contributed by atoms with Crippen molar-refractivity contribution in [1.29, 1.82) is 0 Å². The molecule has 0 amide bonds. The Hall–Kier alpha value is -0.0000000000000000555. The first kappa shape index (κ1) is 8.59. The number of hydrogen-bond donors (Lipinski definition) is 1. The van der Waals surface area contributed by atoms with E-state index >= 15 is 0 Å². The van der Waals surface area contributed by atoms with Gasteiger partial charge in [-0.25, -0.2) is 0 Å². The van der Waals surface area contributed by atoms with Crippen molar-refractivity contribution in [3.8, 4) is 5.06 Å². The fraction of sp³-hybridized carbons (Fsp3) is 0. The molecule has 0 aliphatic carbocycles. The molecule has 0 saturated heterocycles. The van der Waals surface area contributed by atoms with Crippen LogP contribution in [0.3, 0.4) is 0 Å². The first-order valence-corrected chi connectivity index (χ1v) is 5.52. The standard InChI is InChI=1S/C8H4ClIOS/c9-7-5-2-1-4(10)3-6(5)12-8(7)11/h1-3,11H. The molecule has 0 atom stereocenters. The third kappa shape index (κ3) is 1.30. The predicted molar refractivity (Wildman–Crippen MR) is 61.2 cm³/mol. The Bertz CT molecular complexity index is 438. The zero-order valence-corrected chi connectivity index (χ0v) is 9.57. The van der Waals surface area contributed by atoms with Gasteiger partial charge < -0.3 is 5.11 Å². The molecule has 1 N–H and O–H groups in total. The second-order valence-electron chi connectivity index (χ2n) is 2.36. The second-order valence-corrected chi connectivity index (χ2v) is 5.02. The quantitative estimate of drug-likeness (QED) is 0.733. The maximum absolute atomic E-state index is 9.32. The lowest BCUT2D eigenvalue weighted by Gasteiger charge is -1.89. The molecule has 0 radical (unpaired) electrons. The van der Waals surface area contributed by atoms with Crippen molar-refractivity contribution in [2.45, 2.75) is 0 Å². The average Bonchev–Trinajstić information content (AvgIpc) is 2.28. The highest BCUT2D eigenvalue weighted by Crippen LogP contribution is 2.40. The summed E-state index contributed by atoms with van der Waals surface area (Å²) in [6.07, 6.45) is 0. The van der Waals surface area contributed by atoms with E-state index in [1.807, 2.05) is 18.2 Å². The molecule has 1 nitrogen and oxygen atoms in total. The Morgan fingerprint density at radius 2 is 2.17 bits per heavy atom. The zero-order chi connectivity index (χ0) is 8.72. The number of rotatable bonds is 0. The van der Waals surface area contributed by atoms with Gasteiger partial charge in [0.1, 0.15) is 5.02 Å².